The predicted molar refractivity (Wildman–Crippen MR) is 67.3 cm³/mol. The third-order valence-electron chi connectivity index (χ3n) is 2.43. The Balaban J connectivity index is 2.45. The van der Waals surface area contributed by atoms with Crippen LogP contribution in [0.5, 0.6) is 0 Å². The van der Waals surface area contributed by atoms with Gasteiger partial charge in [0.05, 0.1) is 5.01 Å². The number of nitrogens with one attached hydrogen (secondary N) is 1. The number of rotatable bonds is 5. The van der Waals surface area contributed by atoms with E-state index in [0.717, 1.165) is 10.9 Å². The Morgan fingerprint density at radius 2 is 2.00 bits per heavy atom. The van der Waals surface area contributed by atoms with Gasteiger partial charge in [0.15, 0.2) is 0 Å². The highest BCUT2D eigenvalue weighted by molar-refractivity contribution is 7.11. The first kappa shape index (κ1) is 12.7. The first-order valence-electron chi connectivity index (χ1n) is 5.67. The van der Waals surface area contributed by atoms with Crippen LogP contribution in [0.2, 0.25) is 0 Å². The summed E-state index contributed by atoms with van der Waals surface area (Å²) >= 11 is 1.78. The molecular weight excluding hydrogens is 204 g/mol. The number of hydrogen-bond acceptors (Lipinski definition) is 3. The number of nitrogens with zero attached hydrogens (tertiary/aromatic N) is 1. The molecule has 86 valence electrons. The first-order valence-corrected chi connectivity index (χ1v) is 6.49. The second kappa shape index (κ2) is 5.61. The van der Waals surface area contributed by atoms with Crippen LogP contribution in [0.4, 0.5) is 0 Å². The van der Waals surface area contributed by atoms with Crippen LogP contribution in [-0.2, 0) is 0 Å². The highest BCUT2D eigenvalue weighted by atomic mass is 32.1. The summed E-state index contributed by atoms with van der Waals surface area (Å²) in [6, 6.07) is 0.993. The third kappa shape index (κ3) is 4.31. The van der Waals surface area contributed by atoms with Crippen molar-refractivity contribution in [1.29, 1.82) is 0 Å². The molecule has 2 atom stereocenters. The van der Waals surface area contributed by atoms with Gasteiger partial charge in [-0.3, -0.25) is 0 Å². The molecule has 0 spiro atoms. The molecule has 15 heavy (non-hydrogen) atoms. The third-order valence-corrected chi connectivity index (χ3v) is 3.52. The van der Waals surface area contributed by atoms with Crippen LogP contribution in [0.25, 0.3) is 0 Å². The van der Waals surface area contributed by atoms with Gasteiger partial charge in [-0.1, -0.05) is 13.8 Å². The lowest BCUT2D eigenvalue weighted by molar-refractivity contribution is 0.409. The molecule has 0 saturated carbocycles. The first-order chi connectivity index (χ1) is 6.99. The monoisotopic (exact) mass is 226 g/mol. The molecule has 1 rings (SSSR count). The zero-order valence-corrected chi connectivity index (χ0v) is 11.2. The molecule has 1 aromatic rings. The van der Waals surface area contributed by atoms with E-state index in [1.54, 1.807) is 11.3 Å². The van der Waals surface area contributed by atoms with Crippen molar-refractivity contribution >= 4 is 11.3 Å². The molecule has 0 aromatic carbocycles. The van der Waals surface area contributed by atoms with Crippen LogP contribution >= 0.6 is 11.3 Å². The molecule has 3 heteroatoms. The second-order valence-corrected chi connectivity index (χ2v) is 5.97. The smallest absolute Gasteiger partial charge is 0.0897 e. The maximum atomic E-state index is 4.28. The fourth-order valence-corrected chi connectivity index (χ4v) is 2.66. The van der Waals surface area contributed by atoms with Gasteiger partial charge in [-0.25, -0.2) is 4.98 Å². The van der Waals surface area contributed by atoms with Crippen molar-refractivity contribution < 1.29 is 0 Å². The molecule has 0 radical (unpaired) electrons. The van der Waals surface area contributed by atoms with E-state index in [4.69, 9.17) is 0 Å². The van der Waals surface area contributed by atoms with Gasteiger partial charge in [0.25, 0.3) is 0 Å². The van der Waals surface area contributed by atoms with Crippen LogP contribution in [-0.4, -0.2) is 11.0 Å². The second-order valence-electron chi connectivity index (χ2n) is 4.70. The lowest BCUT2D eigenvalue weighted by Gasteiger charge is -2.20. The Morgan fingerprint density at radius 3 is 2.47 bits per heavy atom. The minimum Gasteiger partial charge on any atom is -0.307 e. The average Bonchev–Trinajstić information content (AvgIpc) is 2.49. The van der Waals surface area contributed by atoms with Crippen LogP contribution in [0.3, 0.4) is 0 Å². The standard InChI is InChI=1S/C12H22N2S/c1-8(2)6-9(3)14-10(4)12-7-13-11(5)15-12/h7-10,14H,6H2,1-5H3. The van der Waals surface area contributed by atoms with Crippen LogP contribution in [0.1, 0.15) is 50.0 Å². The van der Waals surface area contributed by atoms with Crippen LogP contribution in [0, 0.1) is 12.8 Å². The lowest BCUT2D eigenvalue weighted by atomic mass is 10.0. The summed E-state index contributed by atoms with van der Waals surface area (Å²) in [5.41, 5.74) is 0. The van der Waals surface area contributed by atoms with Crippen molar-refractivity contribution in [3.8, 4) is 0 Å². The van der Waals surface area contributed by atoms with Gasteiger partial charge in [-0.15, -0.1) is 11.3 Å². The topological polar surface area (TPSA) is 24.9 Å². The molecule has 0 aliphatic carbocycles. The molecular formula is C12H22N2S. The molecule has 0 aliphatic rings. The minimum atomic E-state index is 0.421. The van der Waals surface area contributed by atoms with E-state index in [-0.39, 0.29) is 0 Å². The van der Waals surface area contributed by atoms with Crippen molar-refractivity contribution in [3.05, 3.63) is 16.1 Å². The van der Waals surface area contributed by atoms with E-state index < -0.39 is 0 Å². The Morgan fingerprint density at radius 1 is 1.33 bits per heavy atom. The molecule has 0 saturated heterocycles. The Hall–Kier alpha value is -0.410. The van der Waals surface area contributed by atoms with Crippen molar-refractivity contribution in [2.45, 2.75) is 53.1 Å². The Labute approximate surface area is 97.1 Å². The van der Waals surface area contributed by atoms with Gasteiger partial charge in [0.2, 0.25) is 0 Å². The molecule has 0 fully saturated rings. The quantitative estimate of drug-likeness (QED) is 0.830. The summed E-state index contributed by atoms with van der Waals surface area (Å²) in [7, 11) is 0. The fourth-order valence-electron chi connectivity index (χ4n) is 1.86. The lowest BCUT2D eigenvalue weighted by Crippen LogP contribution is -2.29. The highest BCUT2D eigenvalue weighted by Crippen LogP contribution is 2.21. The number of aromatic nitrogens is 1. The van der Waals surface area contributed by atoms with Gasteiger partial charge in [-0.2, -0.15) is 0 Å². The zero-order chi connectivity index (χ0) is 11.4. The van der Waals surface area contributed by atoms with Crippen molar-refractivity contribution in [3.63, 3.8) is 0 Å². The number of hydrogen-bond donors (Lipinski definition) is 1. The minimum absolute atomic E-state index is 0.421. The van der Waals surface area contributed by atoms with E-state index in [1.165, 1.54) is 11.3 Å². The highest BCUT2D eigenvalue weighted by Gasteiger charge is 2.12. The maximum absolute atomic E-state index is 4.28. The molecule has 1 aromatic heterocycles. The molecule has 2 nitrogen and oxygen atoms in total. The maximum Gasteiger partial charge on any atom is 0.0897 e. The van der Waals surface area contributed by atoms with Crippen LogP contribution in [0.15, 0.2) is 6.20 Å². The van der Waals surface area contributed by atoms with E-state index in [0.29, 0.717) is 12.1 Å². The largest absolute Gasteiger partial charge is 0.307 e. The van der Waals surface area contributed by atoms with Gasteiger partial charge in [0.1, 0.15) is 0 Å². The van der Waals surface area contributed by atoms with Gasteiger partial charge in [0, 0.05) is 23.2 Å². The number of thiazole rings is 1. The average molecular weight is 226 g/mol. The predicted octanol–water partition coefficient (Wildman–Crippen LogP) is 3.54. The normalized spacial score (nSPS) is 15.6. The molecule has 0 aliphatic heterocycles. The summed E-state index contributed by atoms with van der Waals surface area (Å²) in [5, 5.41) is 4.76. The van der Waals surface area contributed by atoms with Crippen molar-refractivity contribution in [2.75, 3.05) is 0 Å². The Bertz CT molecular complexity index is 294. The summed E-state index contributed by atoms with van der Waals surface area (Å²) < 4.78 is 0. The molecule has 0 amide bonds. The van der Waals surface area contributed by atoms with Crippen LogP contribution < -0.4 is 5.32 Å². The Kier molecular flexibility index (Phi) is 4.74. The van der Waals surface area contributed by atoms with E-state index in [2.05, 4.69) is 44.9 Å². The SMILES string of the molecule is Cc1ncc(C(C)NC(C)CC(C)C)s1. The zero-order valence-electron chi connectivity index (χ0n) is 10.4. The fraction of sp³-hybridized carbons (Fsp3) is 0.750. The van der Waals surface area contributed by atoms with E-state index >= 15 is 0 Å². The van der Waals surface area contributed by atoms with Crippen molar-refractivity contribution in [2.24, 2.45) is 5.92 Å². The summed E-state index contributed by atoms with van der Waals surface area (Å²) in [4.78, 5) is 5.62. The summed E-state index contributed by atoms with van der Waals surface area (Å²) in [6.07, 6.45) is 3.21. The molecule has 1 N–H and O–H groups in total. The van der Waals surface area contributed by atoms with Gasteiger partial charge < -0.3 is 5.32 Å². The van der Waals surface area contributed by atoms with Gasteiger partial charge >= 0.3 is 0 Å². The molecule has 1 heterocycles. The van der Waals surface area contributed by atoms with E-state index in [9.17, 15) is 0 Å². The molecule has 2 unspecified atom stereocenters. The van der Waals surface area contributed by atoms with Crippen molar-refractivity contribution in [1.82, 2.24) is 10.3 Å². The summed E-state index contributed by atoms with van der Waals surface area (Å²) in [5.74, 6) is 0.753. The molecule has 0 bridgehead atoms. The van der Waals surface area contributed by atoms with Gasteiger partial charge in [-0.05, 0) is 33.1 Å². The number of aryl methyl sites for hydroxylation is 1. The summed E-state index contributed by atoms with van der Waals surface area (Å²) in [6.45, 7) is 11.0. The van der Waals surface area contributed by atoms with E-state index in [1.807, 2.05) is 6.20 Å².